The lowest BCUT2D eigenvalue weighted by Crippen LogP contribution is -2.39. The summed E-state index contributed by atoms with van der Waals surface area (Å²) in [4.78, 5) is 19.4. The van der Waals surface area contributed by atoms with Crippen LogP contribution >= 0.6 is 11.3 Å². The zero-order valence-electron chi connectivity index (χ0n) is 11.8. The van der Waals surface area contributed by atoms with Crippen molar-refractivity contribution in [3.8, 4) is 0 Å². The normalized spacial score (nSPS) is 10.3. The van der Waals surface area contributed by atoms with Gasteiger partial charge in [0.1, 0.15) is 0 Å². The van der Waals surface area contributed by atoms with Gasteiger partial charge in [0.25, 0.3) is 0 Å². The minimum atomic E-state index is -0.0500. The molecular formula is C15H19N3OS. The average Bonchev–Trinajstić information content (AvgIpc) is 2.88. The highest BCUT2D eigenvalue weighted by Gasteiger charge is 2.12. The zero-order valence-corrected chi connectivity index (χ0v) is 12.6. The highest BCUT2D eigenvalue weighted by Crippen LogP contribution is 2.15. The highest BCUT2D eigenvalue weighted by atomic mass is 32.1. The molecule has 20 heavy (non-hydrogen) atoms. The van der Waals surface area contributed by atoms with Gasteiger partial charge in [-0.2, -0.15) is 0 Å². The Bertz CT molecular complexity index is 553. The van der Waals surface area contributed by atoms with E-state index in [4.69, 9.17) is 0 Å². The van der Waals surface area contributed by atoms with Crippen LogP contribution < -0.4 is 5.32 Å². The second kappa shape index (κ2) is 7.05. The second-order valence-electron chi connectivity index (χ2n) is 4.52. The maximum absolute atomic E-state index is 12.2. The van der Waals surface area contributed by atoms with Crippen molar-refractivity contribution in [3.63, 3.8) is 0 Å². The van der Waals surface area contributed by atoms with Gasteiger partial charge >= 0.3 is 6.03 Å². The van der Waals surface area contributed by atoms with Gasteiger partial charge in [-0.25, -0.2) is 4.79 Å². The topological polar surface area (TPSA) is 45.2 Å². The maximum Gasteiger partial charge on any atom is 0.318 e. The Morgan fingerprint density at radius 1 is 1.40 bits per heavy atom. The second-order valence-corrected chi connectivity index (χ2v) is 5.52. The molecule has 2 aromatic rings. The Morgan fingerprint density at radius 3 is 2.85 bits per heavy atom. The van der Waals surface area contributed by atoms with Gasteiger partial charge in [0.15, 0.2) is 0 Å². The molecular weight excluding hydrogens is 270 g/mol. The van der Waals surface area contributed by atoms with E-state index >= 15 is 0 Å². The van der Waals surface area contributed by atoms with Crippen LogP contribution in [0.1, 0.15) is 23.1 Å². The van der Waals surface area contributed by atoms with Gasteiger partial charge < -0.3 is 10.2 Å². The minimum Gasteiger partial charge on any atom is -0.333 e. The van der Waals surface area contributed by atoms with Crippen LogP contribution in [0.5, 0.6) is 0 Å². The Hall–Kier alpha value is -1.88. The number of pyridine rings is 1. The molecule has 0 aliphatic rings. The number of nitrogens with one attached hydrogen (secondary N) is 1. The van der Waals surface area contributed by atoms with Crippen molar-refractivity contribution in [1.82, 2.24) is 15.2 Å². The molecule has 0 aromatic carbocycles. The third kappa shape index (κ3) is 3.81. The lowest BCUT2D eigenvalue weighted by molar-refractivity contribution is 0.197. The number of urea groups is 1. The Balaban J connectivity index is 1.91. The van der Waals surface area contributed by atoms with E-state index in [-0.39, 0.29) is 6.03 Å². The number of thiophene rings is 1. The summed E-state index contributed by atoms with van der Waals surface area (Å²) in [6.45, 7) is 5.81. The van der Waals surface area contributed by atoms with Crippen LogP contribution in [0.2, 0.25) is 0 Å². The molecule has 2 rings (SSSR count). The number of aryl methyl sites for hydroxylation is 1. The Kier molecular flexibility index (Phi) is 5.12. The zero-order chi connectivity index (χ0) is 14.4. The van der Waals surface area contributed by atoms with Gasteiger partial charge in [0, 0.05) is 17.6 Å². The van der Waals surface area contributed by atoms with Gasteiger partial charge in [-0.15, -0.1) is 11.3 Å². The van der Waals surface area contributed by atoms with Crippen molar-refractivity contribution < 1.29 is 4.79 Å². The standard InChI is InChI=1S/C15H19N3OS/c1-3-18(11-13-6-4-5-8-16-13)15(19)17-10-14-12(2)7-9-20-14/h4-9H,3,10-11H2,1-2H3,(H,17,19). The molecule has 0 aliphatic carbocycles. The molecule has 0 radical (unpaired) electrons. The average molecular weight is 289 g/mol. The summed E-state index contributed by atoms with van der Waals surface area (Å²) in [5, 5.41) is 5.01. The van der Waals surface area contributed by atoms with Crippen LogP contribution in [0.4, 0.5) is 4.79 Å². The lowest BCUT2D eigenvalue weighted by atomic mass is 10.3. The fraction of sp³-hybridized carbons (Fsp3) is 0.333. The number of amides is 2. The molecule has 5 heteroatoms. The molecule has 1 N–H and O–H groups in total. The summed E-state index contributed by atoms with van der Waals surface area (Å²) >= 11 is 1.67. The first-order valence-electron chi connectivity index (χ1n) is 6.66. The predicted molar refractivity (Wildman–Crippen MR) is 81.6 cm³/mol. The van der Waals surface area contributed by atoms with E-state index in [0.717, 1.165) is 5.69 Å². The monoisotopic (exact) mass is 289 g/mol. The molecule has 0 atom stereocenters. The Labute approximate surface area is 123 Å². The molecule has 4 nitrogen and oxygen atoms in total. The van der Waals surface area contributed by atoms with Crippen molar-refractivity contribution in [3.05, 3.63) is 52.0 Å². The van der Waals surface area contributed by atoms with E-state index < -0.39 is 0 Å². The molecule has 0 saturated heterocycles. The van der Waals surface area contributed by atoms with Gasteiger partial charge in [0.05, 0.1) is 18.8 Å². The maximum atomic E-state index is 12.2. The van der Waals surface area contributed by atoms with E-state index in [9.17, 15) is 4.79 Å². The van der Waals surface area contributed by atoms with Crippen LogP contribution in [0.15, 0.2) is 35.8 Å². The largest absolute Gasteiger partial charge is 0.333 e. The number of hydrogen-bond donors (Lipinski definition) is 1. The number of rotatable bonds is 5. The van der Waals surface area contributed by atoms with Crippen LogP contribution in [0, 0.1) is 6.92 Å². The number of carbonyl (C=O) groups is 1. The van der Waals surface area contributed by atoms with E-state index in [2.05, 4.69) is 23.3 Å². The summed E-state index contributed by atoms with van der Waals surface area (Å²) in [6, 6.07) is 7.76. The van der Waals surface area contributed by atoms with E-state index in [0.29, 0.717) is 19.6 Å². The smallest absolute Gasteiger partial charge is 0.318 e. The van der Waals surface area contributed by atoms with Crippen molar-refractivity contribution in [2.75, 3.05) is 6.54 Å². The quantitative estimate of drug-likeness (QED) is 0.919. The third-order valence-corrected chi connectivity index (χ3v) is 4.14. The Morgan fingerprint density at radius 2 is 2.25 bits per heavy atom. The SMILES string of the molecule is CCN(Cc1ccccn1)C(=O)NCc1sccc1C. The molecule has 0 aliphatic heterocycles. The van der Waals surface area contributed by atoms with Gasteiger partial charge in [-0.05, 0) is 43.0 Å². The first-order chi connectivity index (χ1) is 9.70. The van der Waals surface area contributed by atoms with E-state index in [1.54, 1.807) is 22.4 Å². The molecule has 0 bridgehead atoms. The lowest BCUT2D eigenvalue weighted by Gasteiger charge is -2.21. The van der Waals surface area contributed by atoms with Crippen LogP contribution in [0.3, 0.4) is 0 Å². The molecule has 0 saturated carbocycles. The summed E-state index contributed by atoms with van der Waals surface area (Å²) in [7, 11) is 0. The van der Waals surface area contributed by atoms with Crippen LogP contribution in [-0.4, -0.2) is 22.5 Å². The van der Waals surface area contributed by atoms with E-state index in [1.165, 1.54) is 10.4 Å². The van der Waals surface area contributed by atoms with Crippen LogP contribution in [-0.2, 0) is 13.1 Å². The van der Waals surface area contributed by atoms with Crippen molar-refractivity contribution in [1.29, 1.82) is 0 Å². The van der Waals surface area contributed by atoms with Crippen molar-refractivity contribution in [2.24, 2.45) is 0 Å². The molecule has 2 heterocycles. The van der Waals surface area contributed by atoms with Crippen LogP contribution in [0.25, 0.3) is 0 Å². The minimum absolute atomic E-state index is 0.0500. The number of hydrogen-bond acceptors (Lipinski definition) is 3. The van der Waals surface area contributed by atoms with Crippen molar-refractivity contribution in [2.45, 2.75) is 26.9 Å². The summed E-state index contributed by atoms with van der Waals surface area (Å²) in [6.07, 6.45) is 1.75. The molecule has 0 fully saturated rings. The first kappa shape index (κ1) is 14.5. The molecule has 106 valence electrons. The summed E-state index contributed by atoms with van der Waals surface area (Å²) in [5.41, 5.74) is 2.12. The third-order valence-electron chi connectivity index (χ3n) is 3.12. The highest BCUT2D eigenvalue weighted by molar-refractivity contribution is 7.10. The molecule has 0 unspecified atom stereocenters. The van der Waals surface area contributed by atoms with Gasteiger partial charge in [0.2, 0.25) is 0 Å². The van der Waals surface area contributed by atoms with Gasteiger partial charge in [-0.1, -0.05) is 6.07 Å². The first-order valence-corrected chi connectivity index (χ1v) is 7.54. The van der Waals surface area contributed by atoms with E-state index in [1.807, 2.05) is 30.5 Å². The summed E-state index contributed by atoms with van der Waals surface area (Å²) in [5.74, 6) is 0. The molecule has 2 amide bonds. The molecule has 0 spiro atoms. The number of carbonyl (C=O) groups excluding carboxylic acids is 1. The fourth-order valence-electron chi connectivity index (χ4n) is 1.87. The number of nitrogens with zero attached hydrogens (tertiary/aromatic N) is 2. The van der Waals surface area contributed by atoms with Crippen molar-refractivity contribution >= 4 is 17.4 Å². The predicted octanol–water partition coefficient (Wildman–Crippen LogP) is 3.18. The fourth-order valence-corrected chi connectivity index (χ4v) is 2.71. The van der Waals surface area contributed by atoms with Gasteiger partial charge in [-0.3, -0.25) is 4.98 Å². The molecule has 2 aromatic heterocycles. The summed E-state index contributed by atoms with van der Waals surface area (Å²) < 4.78 is 0. The number of aromatic nitrogens is 1.